The molecule has 1 heterocycles. The number of nitrogen functional groups attached to an aromatic ring is 2. The molecule has 0 radical (unpaired) electrons. The molecule has 104 valence electrons. The van der Waals surface area contributed by atoms with Gasteiger partial charge in [0.25, 0.3) is 5.91 Å². The number of benzene rings is 1. The van der Waals surface area contributed by atoms with Gasteiger partial charge in [-0.3, -0.25) is 4.79 Å². The first-order chi connectivity index (χ1) is 9.54. The lowest BCUT2D eigenvalue weighted by Crippen LogP contribution is -2.17. The van der Waals surface area contributed by atoms with Crippen LogP contribution in [0.5, 0.6) is 0 Å². The molecular weight excluding hydrogens is 260 g/mol. The molecule has 2 aromatic rings. The summed E-state index contributed by atoms with van der Waals surface area (Å²) in [6.45, 7) is 1.89. The van der Waals surface area contributed by atoms with Crippen molar-refractivity contribution in [3.8, 4) is 0 Å². The van der Waals surface area contributed by atoms with Crippen LogP contribution in [0, 0.1) is 0 Å². The lowest BCUT2D eigenvalue weighted by atomic mass is 10.2. The second-order valence-electron chi connectivity index (χ2n) is 4.01. The SMILES string of the molecule is CCOC(=O)c1cnn(C(=O)c2cccc(N)c2)c1N. The number of esters is 1. The fourth-order valence-corrected chi connectivity index (χ4v) is 1.68. The largest absolute Gasteiger partial charge is 0.462 e. The average Bonchev–Trinajstić information content (AvgIpc) is 2.80. The maximum Gasteiger partial charge on any atom is 0.343 e. The smallest absolute Gasteiger partial charge is 0.343 e. The Morgan fingerprint density at radius 3 is 2.75 bits per heavy atom. The standard InChI is InChI=1S/C13H14N4O3/c1-2-20-13(19)10-7-16-17(11(10)15)12(18)8-4-3-5-9(14)6-8/h3-7H,2,14-15H2,1H3. The highest BCUT2D eigenvalue weighted by Crippen LogP contribution is 2.15. The van der Waals surface area contributed by atoms with Crippen LogP contribution in [0.25, 0.3) is 0 Å². The van der Waals surface area contributed by atoms with Crippen molar-refractivity contribution in [1.29, 1.82) is 0 Å². The number of ether oxygens (including phenoxy) is 1. The van der Waals surface area contributed by atoms with E-state index in [1.54, 1.807) is 25.1 Å². The Kier molecular flexibility index (Phi) is 3.69. The molecule has 2 rings (SSSR count). The van der Waals surface area contributed by atoms with Crippen LogP contribution < -0.4 is 11.5 Å². The highest BCUT2D eigenvalue weighted by atomic mass is 16.5. The molecule has 20 heavy (non-hydrogen) atoms. The molecule has 7 heteroatoms. The van der Waals surface area contributed by atoms with Gasteiger partial charge in [0.05, 0.1) is 12.8 Å². The summed E-state index contributed by atoms with van der Waals surface area (Å²) < 4.78 is 5.77. The van der Waals surface area contributed by atoms with Gasteiger partial charge in [-0.2, -0.15) is 9.78 Å². The third-order valence-corrected chi connectivity index (χ3v) is 2.63. The van der Waals surface area contributed by atoms with E-state index < -0.39 is 11.9 Å². The molecule has 0 unspecified atom stereocenters. The number of aromatic nitrogens is 2. The number of carbonyl (C=O) groups is 2. The van der Waals surface area contributed by atoms with Gasteiger partial charge in [-0.25, -0.2) is 4.79 Å². The number of nitrogens with zero attached hydrogens (tertiary/aromatic N) is 2. The van der Waals surface area contributed by atoms with Gasteiger partial charge in [0, 0.05) is 11.3 Å². The van der Waals surface area contributed by atoms with Crippen LogP contribution in [0.1, 0.15) is 27.6 Å². The number of rotatable bonds is 3. The van der Waals surface area contributed by atoms with Crippen molar-refractivity contribution >= 4 is 23.4 Å². The van der Waals surface area contributed by atoms with Gasteiger partial charge in [-0.15, -0.1) is 0 Å². The molecule has 0 aliphatic rings. The van der Waals surface area contributed by atoms with E-state index in [-0.39, 0.29) is 18.0 Å². The van der Waals surface area contributed by atoms with Crippen LogP contribution in [-0.2, 0) is 4.74 Å². The van der Waals surface area contributed by atoms with E-state index in [0.717, 1.165) is 4.68 Å². The Bertz CT molecular complexity index is 663. The summed E-state index contributed by atoms with van der Waals surface area (Å²) in [5.74, 6) is -1.14. The number of nitrogens with two attached hydrogens (primary N) is 2. The second-order valence-corrected chi connectivity index (χ2v) is 4.01. The molecule has 0 aliphatic heterocycles. The predicted octanol–water partition coefficient (Wildman–Crippen LogP) is 0.913. The van der Waals surface area contributed by atoms with Crippen molar-refractivity contribution in [3.63, 3.8) is 0 Å². The lowest BCUT2D eigenvalue weighted by Gasteiger charge is -2.05. The van der Waals surface area contributed by atoms with E-state index in [0.29, 0.717) is 11.3 Å². The zero-order chi connectivity index (χ0) is 14.7. The van der Waals surface area contributed by atoms with Crippen molar-refractivity contribution in [2.75, 3.05) is 18.1 Å². The van der Waals surface area contributed by atoms with Crippen molar-refractivity contribution in [2.24, 2.45) is 0 Å². The number of hydrogen-bond acceptors (Lipinski definition) is 6. The summed E-state index contributed by atoms with van der Waals surface area (Å²) in [6.07, 6.45) is 1.21. The molecule has 0 saturated carbocycles. The van der Waals surface area contributed by atoms with Gasteiger partial charge in [-0.1, -0.05) is 6.07 Å². The molecule has 1 aromatic heterocycles. The molecule has 1 aromatic carbocycles. The summed E-state index contributed by atoms with van der Waals surface area (Å²) in [7, 11) is 0. The Morgan fingerprint density at radius 2 is 2.10 bits per heavy atom. The monoisotopic (exact) mass is 274 g/mol. The van der Waals surface area contributed by atoms with Gasteiger partial charge in [-0.05, 0) is 25.1 Å². The highest BCUT2D eigenvalue weighted by molar-refractivity contribution is 6.01. The summed E-state index contributed by atoms with van der Waals surface area (Å²) in [6, 6.07) is 6.40. The number of carbonyl (C=O) groups excluding carboxylic acids is 2. The van der Waals surface area contributed by atoms with Crippen LogP contribution >= 0.6 is 0 Å². The van der Waals surface area contributed by atoms with E-state index in [4.69, 9.17) is 16.2 Å². The third-order valence-electron chi connectivity index (χ3n) is 2.63. The Hall–Kier alpha value is -2.83. The van der Waals surface area contributed by atoms with Gasteiger partial charge < -0.3 is 16.2 Å². The first-order valence-corrected chi connectivity index (χ1v) is 5.95. The summed E-state index contributed by atoms with van der Waals surface area (Å²) in [5, 5.41) is 3.83. The van der Waals surface area contributed by atoms with Crippen molar-refractivity contribution in [3.05, 3.63) is 41.6 Å². The molecule has 0 atom stereocenters. The molecule has 0 fully saturated rings. The van der Waals surface area contributed by atoms with Crippen LogP contribution in [0.3, 0.4) is 0 Å². The highest BCUT2D eigenvalue weighted by Gasteiger charge is 2.20. The van der Waals surface area contributed by atoms with Gasteiger partial charge in [0.2, 0.25) is 0 Å². The van der Waals surface area contributed by atoms with Gasteiger partial charge >= 0.3 is 5.97 Å². The first-order valence-electron chi connectivity index (χ1n) is 5.95. The maximum atomic E-state index is 12.2. The van der Waals surface area contributed by atoms with Gasteiger partial charge in [0.1, 0.15) is 11.4 Å². The molecule has 0 aliphatic carbocycles. The van der Waals surface area contributed by atoms with Crippen molar-refractivity contribution in [2.45, 2.75) is 6.92 Å². The minimum absolute atomic E-state index is 0.0594. The van der Waals surface area contributed by atoms with Crippen LogP contribution in [0.4, 0.5) is 11.5 Å². The predicted molar refractivity (Wildman–Crippen MR) is 73.2 cm³/mol. The number of anilines is 2. The van der Waals surface area contributed by atoms with E-state index in [2.05, 4.69) is 5.10 Å². The second kappa shape index (κ2) is 5.43. The average molecular weight is 274 g/mol. The molecule has 0 spiro atoms. The summed E-state index contributed by atoms with van der Waals surface area (Å²) in [5.41, 5.74) is 12.2. The number of hydrogen-bond donors (Lipinski definition) is 2. The fraction of sp³-hybridized carbons (Fsp3) is 0.154. The van der Waals surface area contributed by atoms with Crippen LogP contribution in [0.2, 0.25) is 0 Å². The zero-order valence-corrected chi connectivity index (χ0v) is 10.9. The minimum Gasteiger partial charge on any atom is -0.462 e. The normalized spacial score (nSPS) is 10.2. The maximum absolute atomic E-state index is 12.2. The quantitative estimate of drug-likeness (QED) is 0.635. The van der Waals surface area contributed by atoms with E-state index >= 15 is 0 Å². The lowest BCUT2D eigenvalue weighted by molar-refractivity contribution is 0.0527. The van der Waals surface area contributed by atoms with Crippen molar-refractivity contribution < 1.29 is 14.3 Å². The molecular formula is C13H14N4O3. The zero-order valence-electron chi connectivity index (χ0n) is 10.9. The first kappa shape index (κ1) is 13.6. The van der Waals surface area contributed by atoms with Crippen molar-refractivity contribution in [1.82, 2.24) is 9.78 Å². The Balaban J connectivity index is 2.35. The molecule has 0 saturated heterocycles. The van der Waals surface area contributed by atoms with E-state index in [1.165, 1.54) is 12.3 Å². The van der Waals surface area contributed by atoms with Crippen LogP contribution in [-0.4, -0.2) is 28.3 Å². The molecule has 7 nitrogen and oxygen atoms in total. The molecule has 0 amide bonds. The molecule has 4 N–H and O–H groups in total. The molecule has 0 bridgehead atoms. The topological polar surface area (TPSA) is 113 Å². The van der Waals surface area contributed by atoms with Gasteiger partial charge in [0.15, 0.2) is 0 Å². The minimum atomic E-state index is -0.614. The Labute approximate surface area is 115 Å². The Morgan fingerprint density at radius 1 is 1.35 bits per heavy atom. The fourth-order valence-electron chi connectivity index (χ4n) is 1.68. The summed E-state index contributed by atoms with van der Waals surface area (Å²) in [4.78, 5) is 23.8. The van der Waals surface area contributed by atoms with E-state index in [9.17, 15) is 9.59 Å². The van der Waals surface area contributed by atoms with E-state index in [1.807, 2.05) is 0 Å². The van der Waals surface area contributed by atoms with Crippen LogP contribution in [0.15, 0.2) is 30.5 Å². The summed E-state index contributed by atoms with van der Waals surface area (Å²) >= 11 is 0. The third kappa shape index (κ3) is 2.46.